The van der Waals surface area contributed by atoms with E-state index >= 15 is 0 Å². The Morgan fingerprint density at radius 1 is 1.43 bits per heavy atom. The molecule has 1 aromatic rings. The third-order valence-electron chi connectivity index (χ3n) is 3.46. The summed E-state index contributed by atoms with van der Waals surface area (Å²) in [5.41, 5.74) is 1.37. The second-order valence-corrected chi connectivity index (χ2v) is 5.29. The largest absolute Gasteiger partial charge is 0.478 e. The van der Waals surface area contributed by atoms with Gasteiger partial charge in [0.25, 0.3) is 0 Å². The number of anilines is 1. The summed E-state index contributed by atoms with van der Waals surface area (Å²) in [6, 6.07) is 7.14. The maximum absolute atomic E-state index is 11.9. The van der Waals surface area contributed by atoms with Crippen LogP contribution in [0.25, 0.3) is 6.08 Å². The zero-order valence-electron chi connectivity index (χ0n) is 12.0. The Kier molecular flexibility index (Phi) is 4.98. The van der Waals surface area contributed by atoms with Gasteiger partial charge in [0.2, 0.25) is 0 Å². The van der Waals surface area contributed by atoms with Crippen LogP contribution in [0.3, 0.4) is 0 Å². The van der Waals surface area contributed by atoms with Gasteiger partial charge in [-0.15, -0.1) is 0 Å². The third kappa shape index (κ3) is 4.95. The molecule has 0 bridgehead atoms. The molecule has 5 nitrogen and oxygen atoms in total. The number of carboxylic acid groups (broad SMARTS) is 1. The summed E-state index contributed by atoms with van der Waals surface area (Å²) >= 11 is 0. The molecule has 3 N–H and O–H groups in total. The van der Waals surface area contributed by atoms with Crippen LogP contribution in [-0.2, 0) is 4.79 Å². The van der Waals surface area contributed by atoms with Crippen molar-refractivity contribution in [3.8, 4) is 0 Å². The van der Waals surface area contributed by atoms with Crippen LogP contribution in [0.4, 0.5) is 10.5 Å². The maximum atomic E-state index is 11.9. The molecule has 21 heavy (non-hydrogen) atoms. The standard InChI is InChI=1S/C16H20N2O3/c1-2-4-12-10-14(12)18-16(21)17-13-6-3-5-11(9-13)7-8-15(19)20/h3,5-9,12,14H,2,4,10H2,1H3,(H,19,20)(H2,17,18,21)/b8-7+. The van der Waals surface area contributed by atoms with Crippen molar-refractivity contribution in [2.45, 2.75) is 32.2 Å². The van der Waals surface area contributed by atoms with Gasteiger partial charge in [0.15, 0.2) is 0 Å². The van der Waals surface area contributed by atoms with Crippen molar-refractivity contribution in [2.24, 2.45) is 5.92 Å². The van der Waals surface area contributed by atoms with Crippen molar-refractivity contribution >= 4 is 23.8 Å². The summed E-state index contributed by atoms with van der Waals surface area (Å²) in [5, 5.41) is 14.3. The Morgan fingerprint density at radius 2 is 2.24 bits per heavy atom. The van der Waals surface area contributed by atoms with E-state index in [2.05, 4.69) is 17.6 Å². The van der Waals surface area contributed by atoms with Gasteiger partial charge < -0.3 is 15.7 Å². The molecule has 0 heterocycles. The second-order valence-electron chi connectivity index (χ2n) is 5.29. The molecule has 1 aromatic carbocycles. The molecule has 0 radical (unpaired) electrons. The fourth-order valence-corrected chi connectivity index (χ4v) is 2.34. The Labute approximate surface area is 124 Å². The number of carboxylic acids is 1. The smallest absolute Gasteiger partial charge is 0.328 e. The summed E-state index contributed by atoms with van der Waals surface area (Å²) in [4.78, 5) is 22.3. The number of carbonyl (C=O) groups excluding carboxylic acids is 1. The molecule has 0 spiro atoms. The van der Waals surface area contributed by atoms with Crippen LogP contribution in [0.2, 0.25) is 0 Å². The highest BCUT2D eigenvalue weighted by Crippen LogP contribution is 2.34. The fraction of sp³-hybridized carbons (Fsp3) is 0.375. The topological polar surface area (TPSA) is 78.4 Å². The fourth-order valence-electron chi connectivity index (χ4n) is 2.34. The molecule has 2 unspecified atom stereocenters. The van der Waals surface area contributed by atoms with E-state index in [1.54, 1.807) is 24.3 Å². The number of amides is 2. The number of urea groups is 1. The first kappa shape index (κ1) is 15.1. The van der Waals surface area contributed by atoms with E-state index < -0.39 is 5.97 Å². The highest BCUT2D eigenvalue weighted by molar-refractivity contribution is 5.90. The second kappa shape index (κ2) is 6.92. The van der Waals surface area contributed by atoms with Gasteiger partial charge >= 0.3 is 12.0 Å². The number of rotatable bonds is 6. The molecule has 0 aliphatic heterocycles. The van der Waals surface area contributed by atoms with Crippen molar-refractivity contribution < 1.29 is 14.7 Å². The third-order valence-corrected chi connectivity index (χ3v) is 3.46. The van der Waals surface area contributed by atoms with Gasteiger partial charge in [-0.05, 0) is 42.5 Å². The van der Waals surface area contributed by atoms with Crippen LogP contribution in [0.5, 0.6) is 0 Å². The van der Waals surface area contributed by atoms with E-state index in [1.807, 2.05) is 0 Å². The van der Waals surface area contributed by atoms with Crippen molar-refractivity contribution in [1.29, 1.82) is 0 Å². The highest BCUT2D eigenvalue weighted by Gasteiger charge is 2.37. The Morgan fingerprint density at radius 3 is 2.95 bits per heavy atom. The molecule has 1 fully saturated rings. The lowest BCUT2D eigenvalue weighted by Crippen LogP contribution is -2.31. The summed E-state index contributed by atoms with van der Waals surface area (Å²) in [7, 11) is 0. The molecule has 0 saturated heterocycles. The highest BCUT2D eigenvalue weighted by atomic mass is 16.4. The minimum atomic E-state index is -0.998. The molecule has 1 aliphatic rings. The van der Waals surface area contributed by atoms with E-state index in [4.69, 9.17) is 5.11 Å². The summed E-state index contributed by atoms with van der Waals surface area (Å²) in [6.45, 7) is 2.14. The SMILES string of the molecule is CCCC1CC1NC(=O)Nc1cccc(/C=C/C(=O)O)c1. The van der Waals surface area contributed by atoms with Crippen LogP contribution >= 0.6 is 0 Å². The molecule has 1 aliphatic carbocycles. The average molecular weight is 288 g/mol. The zero-order valence-corrected chi connectivity index (χ0v) is 12.0. The first-order valence-electron chi connectivity index (χ1n) is 7.17. The molecule has 0 aromatic heterocycles. The summed E-state index contributed by atoms with van der Waals surface area (Å²) in [5.74, 6) is -0.382. The first-order chi connectivity index (χ1) is 10.1. The van der Waals surface area contributed by atoms with Crippen LogP contribution in [-0.4, -0.2) is 23.1 Å². The van der Waals surface area contributed by atoms with Gasteiger partial charge in [0.1, 0.15) is 0 Å². The van der Waals surface area contributed by atoms with E-state index in [0.717, 1.165) is 30.9 Å². The lowest BCUT2D eigenvalue weighted by atomic mass is 10.2. The van der Waals surface area contributed by atoms with Gasteiger partial charge in [-0.1, -0.05) is 25.5 Å². The summed E-state index contributed by atoms with van der Waals surface area (Å²) < 4.78 is 0. The van der Waals surface area contributed by atoms with Gasteiger partial charge in [-0.25, -0.2) is 9.59 Å². The number of hydrogen-bond acceptors (Lipinski definition) is 2. The maximum Gasteiger partial charge on any atom is 0.328 e. The minimum Gasteiger partial charge on any atom is -0.478 e. The molecule has 112 valence electrons. The van der Waals surface area contributed by atoms with Crippen molar-refractivity contribution in [3.05, 3.63) is 35.9 Å². The predicted octanol–water partition coefficient (Wildman–Crippen LogP) is 3.09. The first-order valence-corrected chi connectivity index (χ1v) is 7.17. The number of aliphatic carboxylic acids is 1. The number of nitrogens with one attached hydrogen (secondary N) is 2. The average Bonchev–Trinajstić information content (AvgIpc) is 3.15. The Balaban J connectivity index is 1.86. The van der Waals surface area contributed by atoms with Crippen LogP contribution in [0, 0.1) is 5.92 Å². The van der Waals surface area contributed by atoms with Crippen molar-refractivity contribution in [1.82, 2.24) is 5.32 Å². The quantitative estimate of drug-likeness (QED) is 0.704. The number of carbonyl (C=O) groups is 2. The van der Waals surface area contributed by atoms with Crippen LogP contribution in [0.1, 0.15) is 31.7 Å². The van der Waals surface area contributed by atoms with E-state index in [9.17, 15) is 9.59 Å². The lowest BCUT2D eigenvalue weighted by molar-refractivity contribution is -0.131. The minimum absolute atomic E-state index is 0.210. The van der Waals surface area contributed by atoms with Crippen LogP contribution < -0.4 is 10.6 Å². The molecular weight excluding hydrogens is 268 g/mol. The van der Waals surface area contributed by atoms with Gasteiger partial charge in [0, 0.05) is 17.8 Å². The zero-order chi connectivity index (χ0) is 15.2. The van der Waals surface area contributed by atoms with Crippen molar-refractivity contribution in [2.75, 3.05) is 5.32 Å². The summed E-state index contributed by atoms with van der Waals surface area (Å²) in [6.07, 6.45) is 5.91. The van der Waals surface area contributed by atoms with Crippen molar-refractivity contribution in [3.63, 3.8) is 0 Å². The molecule has 2 atom stereocenters. The molecular formula is C16H20N2O3. The number of hydrogen-bond donors (Lipinski definition) is 3. The normalized spacial score (nSPS) is 20.2. The monoisotopic (exact) mass is 288 g/mol. The molecule has 5 heteroatoms. The van der Waals surface area contributed by atoms with E-state index in [1.165, 1.54) is 6.08 Å². The van der Waals surface area contributed by atoms with E-state index in [-0.39, 0.29) is 6.03 Å². The van der Waals surface area contributed by atoms with Gasteiger partial charge in [0.05, 0.1) is 0 Å². The Bertz CT molecular complexity index is 554. The predicted molar refractivity (Wildman–Crippen MR) is 82.1 cm³/mol. The van der Waals surface area contributed by atoms with Gasteiger partial charge in [-0.2, -0.15) is 0 Å². The van der Waals surface area contributed by atoms with E-state index in [0.29, 0.717) is 17.6 Å². The molecule has 2 amide bonds. The molecule has 2 rings (SSSR count). The van der Waals surface area contributed by atoms with Crippen LogP contribution in [0.15, 0.2) is 30.3 Å². The van der Waals surface area contributed by atoms with Gasteiger partial charge in [-0.3, -0.25) is 0 Å². The Hall–Kier alpha value is -2.30. The lowest BCUT2D eigenvalue weighted by Gasteiger charge is -2.08. The number of benzene rings is 1. The molecule has 1 saturated carbocycles.